The fourth-order valence-corrected chi connectivity index (χ4v) is 1.95. The van der Waals surface area contributed by atoms with E-state index in [0.717, 1.165) is 12.5 Å². The van der Waals surface area contributed by atoms with Gasteiger partial charge in [0.1, 0.15) is 5.82 Å². The number of rotatable bonds is 2. The summed E-state index contributed by atoms with van der Waals surface area (Å²) in [7, 11) is 0. The Balaban J connectivity index is 2.26. The SMILES string of the molecule is Nc1nc(N2CCC(CO)C2)cc(C(F)(F)F)n1. The van der Waals surface area contributed by atoms with Crippen LogP contribution in [0.1, 0.15) is 12.1 Å². The van der Waals surface area contributed by atoms with Crippen LogP contribution < -0.4 is 10.6 Å². The van der Waals surface area contributed by atoms with E-state index >= 15 is 0 Å². The molecule has 3 N–H and O–H groups in total. The molecule has 0 spiro atoms. The van der Waals surface area contributed by atoms with E-state index in [4.69, 9.17) is 10.8 Å². The van der Waals surface area contributed by atoms with Gasteiger partial charge in [-0.15, -0.1) is 0 Å². The van der Waals surface area contributed by atoms with Crippen molar-refractivity contribution in [2.24, 2.45) is 5.92 Å². The third-order valence-electron chi connectivity index (χ3n) is 2.89. The Hall–Kier alpha value is -1.57. The number of aliphatic hydroxyl groups is 1. The molecule has 1 unspecified atom stereocenters. The van der Waals surface area contributed by atoms with Crippen molar-refractivity contribution in [1.29, 1.82) is 0 Å². The number of hydrogen-bond acceptors (Lipinski definition) is 5. The molecular formula is C10H13F3N4O. The van der Waals surface area contributed by atoms with Gasteiger partial charge in [0.15, 0.2) is 5.69 Å². The standard InChI is InChI=1S/C10H13F3N4O/c11-10(12,13)7-3-8(16-9(14)15-7)17-2-1-6(4-17)5-18/h3,6,18H,1-2,4-5H2,(H2,14,15,16). The van der Waals surface area contributed by atoms with Crippen molar-refractivity contribution in [2.75, 3.05) is 30.3 Å². The molecular weight excluding hydrogens is 249 g/mol. The first-order valence-corrected chi connectivity index (χ1v) is 5.47. The molecule has 18 heavy (non-hydrogen) atoms. The highest BCUT2D eigenvalue weighted by atomic mass is 19.4. The van der Waals surface area contributed by atoms with Crippen molar-refractivity contribution in [3.63, 3.8) is 0 Å². The molecule has 0 radical (unpaired) electrons. The fourth-order valence-electron chi connectivity index (χ4n) is 1.95. The number of aliphatic hydroxyl groups excluding tert-OH is 1. The lowest BCUT2D eigenvalue weighted by atomic mass is 10.1. The Morgan fingerprint density at radius 3 is 2.72 bits per heavy atom. The highest BCUT2D eigenvalue weighted by Crippen LogP contribution is 2.31. The zero-order valence-corrected chi connectivity index (χ0v) is 9.48. The zero-order chi connectivity index (χ0) is 13.3. The van der Waals surface area contributed by atoms with E-state index < -0.39 is 17.8 Å². The van der Waals surface area contributed by atoms with Crippen LogP contribution in [0.15, 0.2) is 6.07 Å². The average Bonchev–Trinajstić information content (AvgIpc) is 2.75. The van der Waals surface area contributed by atoms with Crippen LogP contribution in [0, 0.1) is 5.92 Å². The number of hydrogen-bond donors (Lipinski definition) is 2. The minimum absolute atomic E-state index is 0.0171. The monoisotopic (exact) mass is 262 g/mol. The molecule has 1 aromatic heterocycles. The van der Waals surface area contributed by atoms with Gasteiger partial charge in [0.2, 0.25) is 5.95 Å². The zero-order valence-electron chi connectivity index (χ0n) is 9.48. The summed E-state index contributed by atoms with van der Waals surface area (Å²) < 4.78 is 37.7. The summed E-state index contributed by atoms with van der Waals surface area (Å²) in [5.74, 6) is -0.173. The van der Waals surface area contributed by atoms with Gasteiger partial charge in [0.05, 0.1) is 0 Å². The molecule has 1 saturated heterocycles. The van der Waals surface area contributed by atoms with Crippen molar-refractivity contribution in [3.8, 4) is 0 Å². The van der Waals surface area contributed by atoms with E-state index in [-0.39, 0.29) is 18.3 Å². The Kier molecular flexibility index (Phi) is 3.29. The number of anilines is 2. The Bertz CT molecular complexity index is 438. The van der Waals surface area contributed by atoms with Gasteiger partial charge in [0, 0.05) is 31.7 Å². The van der Waals surface area contributed by atoms with E-state index in [0.29, 0.717) is 13.1 Å². The van der Waals surface area contributed by atoms with Crippen LogP contribution in [0.4, 0.5) is 24.9 Å². The summed E-state index contributed by atoms with van der Waals surface area (Å²) in [4.78, 5) is 8.67. The van der Waals surface area contributed by atoms with Crippen molar-refractivity contribution >= 4 is 11.8 Å². The molecule has 1 aliphatic rings. The second-order valence-corrected chi connectivity index (χ2v) is 4.25. The van der Waals surface area contributed by atoms with E-state index in [1.54, 1.807) is 4.90 Å². The lowest BCUT2D eigenvalue weighted by Gasteiger charge is -2.18. The quantitative estimate of drug-likeness (QED) is 0.828. The largest absolute Gasteiger partial charge is 0.433 e. The van der Waals surface area contributed by atoms with E-state index in [1.165, 1.54) is 0 Å². The third kappa shape index (κ3) is 2.63. The van der Waals surface area contributed by atoms with Crippen molar-refractivity contribution in [1.82, 2.24) is 9.97 Å². The lowest BCUT2D eigenvalue weighted by molar-refractivity contribution is -0.141. The van der Waals surface area contributed by atoms with Gasteiger partial charge in [-0.3, -0.25) is 0 Å². The number of nitrogens with two attached hydrogens (primary N) is 1. The first-order valence-electron chi connectivity index (χ1n) is 5.47. The van der Waals surface area contributed by atoms with Gasteiger partial charge in [-0.05, 0) is 6.42 Å². The van der Waals surface area contributed by atoms with Crippen LogP contribution in [-0.4, -0.2) is 34.8 Å². The fraction of sp³-hybridized carbons (Fsp3) is 0.600. The minimum atomic E-state index is -4.54. The molecule has 0 bridgehead atoms. The van der Waals surface area contributed by atoms with Gasteiger partial charge < -0.3 is 15.7 Å². The van der Waals surface area contributed by atoms with Gasteiger partial charge in [-0.25, -0.2) is 4.98 Å². The van der Waals surface area contributed by atoms with Crippen molar-refractivity contribution in [3.05, 3.63) is 11.8 Å². The minimum Gasteiger partial charge on any atom is -0.396 e. The molecule has 1 aliphatic heterocycles. The normalized spacial score (nSPS) is 20.4. The van der Waals surface area contributed by atoms with Crippen LogP contribution in [0.5, 0.6) is 0 Å². The summed E-state index contributed by atoms with van der Waals surface area (Å²) in [6.45, 7) is 1.05. The van der Waals surface area contributed by atoms with Crippen molar-refractivity contribution in [2.45, 2.75) is 12.6 Å². The average molecular weight is 262 g/mol. The molecule has 0 aromatic carbocycles. The number of nitrogen functional groups attached to an aromatic ring is 1. The second kappa shape index (κ2) is 4.60. The van der Waals surface area contributed by atoms with E-state index in [2.05, 4.69) is 9.97 Å². The Morgan fingerprint density at radius 2 is 2.17 bits per heavy atom. The van der Waals surface area contributed by atoms with Gasteiger partial charge in [0.25, 0.3) is 0 Å². The van der Waals surface area contributed by atoms with Crippen molar-refractivity contribution < 1.29 is 18.3 Å². The summed E-state index contributed by atoms with van der Waals surface area (Å²) in [6, 6.07) is 0.885. The molecule has 1 aromatic rings. The number of halogens is 3. The maximum Gasteiger partial charge on any atom is 0.433 e. The van der Waals surface area contributed by atoms with Crippen LogP contribution in [0.3, 0.4) is 0 Å². The number of nitrogens with zero attached hydrogens (tertiary/aromatic N) is 3. The van der Waals surface area contributed by atoms with E-state index in [1.807, 2.05) is 0 Å². The maximum absolute atomic E-state index is 12.6. The number of alkyl halides is 3. The number of aromatic nitrogens is 2. The van der Waals surface area contributed by atoms with Gasteiger partial charge in [-0.1, -0.05) is 0 Å². The topological polar surface area (TPSA) is 75.3 Å². The van der Waals surface area contributed by atoms with Crippen LogP contribution in [0.25, 0.3) is 0 Å². The highest BCUT2D eigenvalue weighted by Gasteiger charge is 2.34. The summed E-state index contributed by atoms with van der Waals surface area (Å²) in [5, 5.41) is 9.01. The molecule has 0 aliphatic carbocycles. The molecule has 0 amide bonds. The molecule has 1 fully saturated rings. The Morgan fingerprint density at radius 1 is 1.44 bits per heavy atom. The Labute approximate surface area is 101 Å². The van der Waals surface area contributed by atoms with Crippen LogP contribution in [-0.2, 0) is 6.18 Å². The first kappa shape index (κ1) is 12.9. The molecule has 0 saturated carbocycles. The molecule has 2 rings (SSSR count). The lowest BCUT2D eigenvalue weighted by Crippen LogP contribution is -2.23. The molecule has 1 atom stereocenters. The molecule has 100 valence electrons. The summed E-state index contributed by atoms with van der Waals surface area (Å²) >= 11 is 0. The van der Waals surface area contributed by atoms with Gasteiger partial charge in [-0.2, -0.15) is 18.2 Å². The second-order valence-electron chi connectivity index (χ2n) is 4.25. The predicted octanol–water partition coefficient (Wildman–Crippen LogP) is 0.896. The maximum atomic E-state index is 12.6. The van der Waals surface area contributed by atoms with E-state index in [9.17, 15) is 13.2 Å². The van der Waals surface area contributed by atoms with Gasteiger partial charge >= 0.3 is 6.18 Å². The van der Waals surface area contributed by atoms with Crippen LogP contribution >= 0.6 is 0 Å². The highest BCUT2D eigenvalue weighted by molar-refractivity contribution is 5.45. The first-order chi connectivity index (χ1) is 8.40. The smallest absolute Gasteiger partial charge is 0.396 e. The molecule has 8 heteroatoms. The van der Waals surface area contributed by atoms with Crippen LogP contribution in [0.2, 0.25) is 0 Å². The summed E-state index contributed by atoms with van der Waals surface area (Å²) in [5.41, 5.74) is 4.25. The summed E-state index contributed by atoms with van der Waals surface area (Å²) in [6.07, 6.45) is -3.82. The third-order valence-corrected chi connectivity index (χ3v) is 2.89. The molecule has 2 heterocycles. The molecule has 5 nitrogen and oxygen atoms in total. The predicted molar refractivity (Wildman–Crippen MR) is 58.9 cm³/mol.